The number of aromatic nitrogens is 1. The molecular formula is C17H18N2O3S2. The summed E-state index contributed by atoms with van der Waals surface area (Å²) in [6.45, 7) is 0. The molecule has 24 heavy (non-hydrogen) atoms. The van der Waals surface area contributed by atoms with Crippen molar-refractivity contribution in [3.05, 3.63) is 53.7 Å². The standard InChI is InChI=1S/C17H18N2O3S2/c1-22-14-6-5-11(16-19-13(10-24-16)17(20)21)8-12(14)9-23-15-4-2-3-7-18-15/h2-8,13,16,19H,9-10H2,1H3,(H,20,21)/t13-,16+/m0/s1. The quantitative estimate of drug-likeness (QED) is 0.765. The average Bonchev–Trinajstić information content (AvgIpc) is 3.11. The lowest BCUT2D eigenvalue weighted by Gasteiger charge is -2.15. The summed E-state index contributed by atoms with van der Waals surface area (Å²) in [5, 5.41) is 13.2. The van der Waals surface area contributed by atoms with Crippen molar-refractivity contribution in [3.63, 3.8) is 0 Å². The second-order valence-electron chi connectivity index (χ2n) is 5.30. The molecule has 0 amide bonds. The van der Waals surface area contributed by atoms with Crippen LogP contribution in [0.3, 0.4) is 0 Å². The third kappa shape index (κ3) is 4.03. The van der Waals surface area contributed by atoms with E-state index in [4.69, 9.17) is 9.84 Å². The highest BCUT2D eigenvalue weighted by molar-refractivity contribution is 7.99. The lowest BCUT2D eigenvalue weighted by Crippen LogP contribution is -2.33. The number of thioether (sulfide) groups is 2. The Kier molecular flexibility index (Phi) is 5.65. The summed E-state index contributed by atoms with van der Waals surface area (Å²) in [5.74, 6) is 1.35. The first kappa shape index (κ1) is 17.1. The van der Waals surface area contributed by atoms with Gasteiger partial charge in [-0.05, 0) is 29.8 Å². The van der Waals surface area contributed by atoms with Crippen LogP contribution in [0.5, 0.6) is 5.75 Å². The number of pyridine rings is 1. The summed E-state index contributed by atoms with van der Waals surface area (Å²) in [5.41, 5.74) is 2.15. The van der Waals surface area contributed by atoms with Gasteiger partial charge in [0.25, 0.3) is 0 Å². The molecule has 1 fully saturated rings. The molecule has 5 nitrogen and oxygen atoms in total. The number of carboxylic acids is 1. The minimum Gasteiger partial charge on any atom is -0.496 e. The molecule has 1 saturated heterocycles. The van der Waals surface area contributed by atoms with Crippen LogP contribution in [0.15, 0.2) is 47.6 Å². The zero-order valence-electron chi connectivity index (χ0n) is 13.1. The Morgan fingerprint density at radius 2 is 2.33 bits per heavy atom. The third-order valence-electron chi connectivity index (χ3n) is 3.70. The lowest BCUT2D eigenvalue weighted by molar-refractivity contribution is -0.138. The van der Waals surface area contributed by atoms with E-state index in [9.17, 15) is 4.79 Å². The number of aliphatic carboxylic acids is 1. The normalized spacial score (nSPS) is 20.0. The molecule has 0 aliphatic carbocycles. The Bertz CT molecular complexity index is 712. The van der Waals surface area contributed by atoms with Crippen molar-refractivity contribution in [2.75, 3.05) is 12.9 Å². The maximum absolute atomic E-state index is 11.1. The van der Waals surface area contributed by atoms with Gasteiger partial charge in [-0.15, -0.1) is 23.5 Å². The molecule has 0 saturated carbocycles. The van der Waals surface area contributed by atoms with Crippen LogP contribution in [-0.2, 0) is 10.5 Å². The number of rotatable bonds is 6. The largest absolute Gasteiger partial charge is 0.496 e. The highest BCUT2D eigenvalue weighted by Crippen LogP contribution is 2.36. The molecule has 126 valence electrons. The highest BCUT2D eigenvalue weighted by Gasteiger charge is 2.30. The van der Waals surface area contributed by atoms with Crippen LogP contribution in [-0.4, -0.2) is 35.0 Å². The smallest absolute Gasteiger partial charge is 0.321 e. The first-order valence-electron chi connectivity index (χ1n) is 7.48. The van der Waals surface area contributed by atoms with Crippen molar-refractivity contribution in [2.45, 2.75) is 22.2 Å². The molecule has 2 atom stereocenters. The first-order chi connectivity index (χ1) is 11.7. The van der Waals surface area contributed by atoms with Crippen LogP contribution in [0.4, 0.5) is 0 Å². The van der Waals surface area contributed by atoms with Gasteiger partial charge in [-0.25, -0.2) is 4.98 Å². The molecule has 2 aromatic rings. The van der Waals surface area contributed by atoms with E-state index < -0.39 is 12.0 Å². The van der Waals surface area contributed by atoms with Gasteiger partial charge in [-0.1, -0.05) is 12.1 Å². The van der Waals surface area contributed by atoms with E-state index in [1.54, 1.807) is 36.8 Å². The van der Waals surface area contributed by atoms with E-state index in [1.165, 1.54) is 0 Å². The molecule has 0 spiro atoms. The van der Waals surface area contributed by atoms with Crippen LogP contribution in [0.2, 0.25) is 0 Å². The van der Waals surface area contributed by atoms with Crippen molar-refractivity contribution in [1.82, 2.24) is 10.3 Å². The fraction of sp³-hybridized carbons (Fsp3) is 0.294. The van der Waals surface area contributed by atoms with E-state index >= 15 is 0 Å². The van der Waals surface area contributed by atoms with Crippen LogP contribution in [0, 0.1) is 0 Å². The van der Waals surface area contributed by atoms with Gasteiger partial charge < -0.3 is 9.84 Å². The zero-order valence-corrected chi connectivity index (χ0v) is 14.8. The molecule has 1 aromatic heterocycles. The summed E-state index contributed by atoms with van der Waals surface area (Å²) < 4.78 is 5.46. The molecule has 0 radical (unpaired) electrons. The molecule has 0 unspecified atom stereocenters. The Balaban J connectivity index is 1.74. The lowest BCUT2D eigenvalue weighted by atomic mass is 10.1. The summed E-state index contributed by atoms with van der Waals surface area (Å²) in [6.07, 6.45) is 1.78. The van der Waals surface area contributed by atoms with E-state index in [1.807, 2.05) is 30.3 Å². The fourth-order valence-corrected chi connectivity index (χ4v) is 4.53. The average molecular weight is 362 g/mol. The Morgan fingerprint density at radius 3 is 3.00 bits per heavy atom. The predicted molar refractivity (Wildman–Crippen MR) is 96.6 cm³/mol. The van der Waals surface area contributed by atoms with Crippen molar-refractivity contribution in [1.29, 1.82) is 0 Å². The molecule has 0 bridgehead atoms. The second-order valence-corrected chi connectivity index (χ2v) is 7.43. The summed E-state index contributed by atoms with van der Waals surface area (Å²) >= 11 is 3.26. The van der Waals surface area contributed by atoms with Gasteiger partial charge >= 0.3 is 5.97 Å². The number of carboxylic acid groups (broad SMARTS) is 1. The molecule has 1 aliphatic heterocycles. The molecule has 2 heterocycles. The maximum atomic E-state index is 11.1. The van der Waals surface area contributed by atoms with Crippen LogP contribution < -0.4 is 10.1 Å². The number of nitrogens with one attached hydrogen (secondary N) is 1. The van der Waals surface area contributed by atoms with Gasteiger partial charge in [0.15, 0.2) is 0 Å². The second kappa shape index (κ2) is 7.92. The number of methoxy groups -OCH3 is 1. The van der Waals surface area contributed by atoms with Gasteiger partial charge in [-0.2, -0.15) is 0 Å². The third-order valence-corrected chi connectivity index (χ3v) is 5.96. The number of ether oxygens (including phenoxy) is 1. The summed E-state index contributed by atoms with van der Waals surface area (Å²) in [6, 6.07) is 11.4. The Morgan fingerprint density at radius 1 is 1.46 bits per heavy atom. The van der Waals surface area contributed by atoms with E-state index in [0.717, 1.165) is 27.7 Å². The Labute approximate surface area is 149 Å². The number of carbonyl (C=O) groups is 1. The van der Waals surface area contributed by atoms with E-state index in [-0.39, 0.29) is 5.37 Å². The number of nitrogens with zero attached hydrogens (tertiary/aromatic N) is 1. The van der Waals surface area contributed by atoms with Crippen LogP contribution >= 0.6 is 23.5 Å². The van der Waals surface area contributed by atoms with Gasteiger partial charge in [0.2, 0.25) is 0 Å². The maximum Gasteiger partial charge on any atom is 0.321 e. The van der Waals surface area contributed by atoms with Crippen molar-refractivity contribution in [3.8, 4) is 5.75 Å². The minimum atomic E-state index is -0.801. The monoisotopic (exact) mass is 362 g/mol. The number of benzene rings is 1. The number of hydrogen-bond acceptors (Lipinski definition) is 6. The molecule has 2 N–H and O–H groups in total. The SMILES string of the molecule is COc1ccc([C@@H]2N[C@H](C(=O)O)CS2)cc1CSc1ccccn1. The van der Waals surface area contributed by atoms with Gasteiger partial charge in [-0.3, -0.25) is 10.1 Å². The van der Waals surface area contributed by atoms with Crippen LogP contribution in [0.1, 0.15) is 16.5 Å². The summed E-state index contributed by atoms with van der Waals surface area (Å²) in [4.78, 5) is 15.4. The van der Waals surface area contributed by atoms with Gasteiger partial charge in [0.1, 0.15) is 11.8 Å². The Hall–Kier alpha value is -1.70. The minimum absolute atomic E-state index is 0.00407. The predicted octanol–water partition coefficient (Wildman–Crippen LogP) is 3.17. The van der Waals surface area contributed by atoms with Gasteiger partial charge in [0, 0.05) is 23.3 Å². The van der Waals surface area contributed by atoms with Crippen molar-refractivity contribution in [2.24, 2.45) is 0 Å². The fourth-order valence-electron chi connectivity index (χ4n) is 2.46. The summed E-state index contributed by atoms with van der Waals surface area (Å²) in [7, 11) is 1.66. The van der Waals surface area contributed by atoms with Crippen molar-refractivity contribution >= 4 is 29.5 Å². The van der Waals surface area contributed by atoms with Crippen LogP contribution in [0.25, 0.3) is 0 Å². The first-order valence-corrected chi connectivity index (χ1v) is 9.52. The molecular weight excluding hydrogens is 344 g/mol. The molecule has 1 aromatic carbocycles. The van der Waals surface area contributed by atoms with E-state index in [2.05, 4.69) is 16.4 Å². The topological polar surface area (TPSA) is 71.5 Å². The molecule has 1 aliphatic rings. The van der Waals surface area contributed by atoms with E-state index in [0.29, 0.717) is 5.75 Å². The number of hydrogen-bond donors (Lipinski definition) is 2. The highest BCUT2D eigenvalue weighted by atomic mass is 32.2. The van der Waals surface area contributed by atoms with Crippen molar-refractivity contribution < 1.29 is 14.6 Å². The van der Waals surface area contributed by atoms with Gasteiger partial charge in [0.05, 0.1) is 17.5 Å². The zero-order chi connectivity index (χ0) is 16.9. The molecule has 3 rings (SSSR count). The molecule has 7 heteroatoms.